The second-order valence-corrected chi connectivity index (χ2v) is 6.22. The fourth-order valence-electron chi connectivity index (χ4n) is 3.08. The van der Waals surface area contributed by atoms with E-state index in [1.807, 2.05) is 25.2 Å². The van der Waals surface area contributed by atoms with Crippen molar-refractivity contribution >= 4 is 42.1 Å². The molecule has 0 radical (unpaired) electrons. The molecule has 1 fully saturated rings. The number of piperidine rings is 1. The number of nitrogens with zero attached hydrogens (tertiary/aromatic N) is 1. The number of anilines is 2. The summed E-state index contributed by atoms with van der Waals surface area (Å²) in [7, 11) is 2.04. The van der Waals surface area contributed by atoms with Crippen LogP contribution < -0.4 is 15.5 Å². The Hall–Kier alpha value is -1.89. The second kappa shape index (κ2) is 10.4. The van der Waals surface area contributed by atoms with Crippen molar-refractivity contribution in [2.75, 3.05) is 30.4 Å². The molecule has 1 amide bonds. The molecule has 2 aromatic carbocycles. The molecule has 8 heteroatoms. The Bertz CT molecular complexity index is 770. The molecule has 4 nitrogen and oxygen atoms in total. The lowest BCUT2D eigenvalue weighted by Crippen LogP contribution is -2.41. The van der Waals surface area contributed by atoms with Crippen LogP contribution in [0, 0.1) is 11.6 Å². The minimum Gasteiger partial charge on any atom is -0.371 e. The zero-order valence-corrected chi connectivity index (χ0v) is 16.5. The van der Waals surface area contributed by atoms with Crippen LogP contribution in [0.15, 0.2) is 42.5 Å². The number of hydrogen-bond donors (Lipinski definition) is 2. The summed E-state index contributed by atoms with van der Waals surface area (Å²) in [6.45, 7) is 1.99. The minimum atomic E-state index is -0.875. The maximum Gasteiger partial charge on any atom is 0.258 e. The van der Waals surface area contributed by atoms with Gasteiger partial charge in [0.25, 0.3) is 5.91 Å². The summed E-state index contributed by atoms with van der Waals surface area (Å²) in [5.74, 6) is -2.18. The van der Waals surface area contributed by atoms with Crippen molar-refractivity contribution in [1.82, 2.24) is 5.32 Å². The van der Waals surface area contributed by atoms with Gasteiger partial charge in [-0.15, -0.1) is 24.8 Å². The molecule has 2 aromatic rings. The van der Waals surface area contributed by atoms with E-state index in [4.69, 9.17) is 0 Å². The quantitative estimate of drug-likeness (QED) is 0.781. The van der Waals surface area contributed by atoms with Gasteiger partial charge in [0.1, 0.15) is 11.6 Å². The van der Waals surface area contributed by atoms with Crippen LogP contribution in [0.1, 0.15) is 23.2 Å². The SMILES string of the molecule is CN(c1cccc(NC(=O)c2ccc(F)cc2F)c1)C1CCNCC1.Cl.Cl. The Labute approximate surface area is 170 Å². The average molecular weight is 418 g/mol. The molecule has 3 rings (SSSR count). The van der Waals surface area contributed by atoms with Gasteiger partial charge < -0.3 is 15.5 Å². The zero-order valence-electron chi connectivity index (χ0n) is 14.9. The lowest BCUT2D eigenvalue weighted by Gasteiger charge is -2.33. The first-order valence-electron chi connectivity index (χ1n) is 8.34. The van der Waals surface area contributed by atoms with E-state index in [0.29, 0.717) is 17.8 Å². The minimum absolute atomic E-state index is 0. The van der Waals surface area contributed by atoms with E-state index in [2.05, 4.69) is 15.5 Å². The van der Waals surface area contributed by atoms with Gasteiger partial charge in [0.15, 0.2) is 0 Å². The fraction of sp³-hybridized carbons (Fsp3) is 0.316. The standard InChI is InChI=1S/C19H21F2N3O.2ClH/c1-24(15-7-9-22-10-8-15)16-4-2-3-14(12-16)23-19(25)17-6-5-13(20)11-18(17)21;;/h2-6,11-12,15,22H,7-10H2,1H3,(H,23,25);2*1H. The molecular weight excluding hydrogens is 395 g/mol. The van der Waals surface area contributed by atoms with Gasteiger partial charge in [-0.3, -0.25) is 4.79 Å². The van der Waals surface area contributed by atoms with Gasteiger partial charge in [-0.1, -0.05) is 6.07 Å². The highest BCUT2D eigenvalue weighted by atomic mass is 35.5. The Morgan fingerprint density at radius 2 is 1.81 bits per heavy atom. The molecule has 27 heavy (non-hydrogen) atoms. The van der Waals surface area contributed by atoms with Crippen molar-refractivity contribution in [3.05, 3.63) is 59.7 Å². The van der Waals surface area contributed by atoms with Gasteiger partial charge in [-0.2, -0.15) is 0 Å². The van der Waals surface area contributed by atoms with Gasteiger partial charge in [-0.05, 0) is 56.3 Å². The molecule has 0 aliphatic carbocycles. The molecule has 0 bridgehead atoms. The van der Waals surface area contributed by atoms with Crippen molar-refractivity contribution < 1.29 is 13.6 Å². The number of carbonyl (C=O) groups is 1. The van der Waals surface area contributed by atoms with Crippen LogP contribution in [0.2, 0.25) is 0 Å². The summed E-state index contributed by atoms with van der Waals surface area (Å²) < 4.78 is 26.7. The molecule has 0 atom stereocenters. The molecule has 1 aliphatic heterocycles. The van der Waals surface area contributed by atoms with Crippen LogP contribution in [-0.2, 0) is 0 Å². The monoisotopic (exact) mass is 417 g/mol. The third kappa shape index (κ3) is 5.79. The molecule has 1 heterocycles. The van der Waals surface area contributed by atoms with E-state index in [1.165, 1.54) is 0 Å². The highest BCUT2D eigenvalue weighted by Gasteiger charge is 2.19. The molecule has 2 N–H and O–H groups in total. The molecule has 0 unspecified atom stereocenters. The molecule has 0 spiro atoms. The van der Waals surface area contributed by atoms with Gasteiger partial charge in [0.2, 0.25) is 0 Å². The number of amides is 1. The zero-order chi connectivity index (χ0) is 17.8. The third-order valence-corrected chi connectivity index (χ3v) is 4.54. The van der Waals surface area contributed by atoms with E-state index in [-0.39, 0.29) is 30.4 Å². The van der Waals surface area contributed by atoms with Crippen LogP contribution in [0.4, 0.5) is 20.2 Å². The predicted molar refractivity (Wildman–Crippen MR) is 110 cm³/mol. The first-order chi connectivity index (χ1) is 12.0. The molecule has 148 valence electrons. The lowest BCUT2D eigenvalue weighted by atomic mass is 10.0. The van der Waals surface area contributed by atoms with Crippen molar-refractivity contribution in [3.63, 3.8) is 0 Å². The number of halogens is 4. The fourth-order valence-corrected chi connectivity index (χ4v) is 3.08. The van der Waals surface area contributed by atoms with Crippen LogP contribution in [0.25, 0.3) is 0 Å². The Morgan fingerprint density at radius 1 is 1.11 bits per heavy atom. The van der Waals surface area contributed by atoms with Crippen LogP contribution >= 0.6 is 24.8 Å². The first-order valence-corrected chi connectivity index (χ1v) is 8.34. The van der Waals surface area contributed by atoms with Crippen molar-refractivity contribution in [3.8, 4) is 0 Å². The highest BCUT2D eigenvalue weighted by Crippen LogP contribution is 2.24. The van der Waals surface area contributed by atoms with E-state index >= 15 is 0 Å². The van der Waals surface area contributed by atoms with E-state index in [0.717, 1.165) is 43.8 Å². The van der Waals surface area contributed by atoms with Crippen molar-refractivity contribution in [1.29, 1.82) is 0 Å². The van der Waals surface area contributed by atoms with Crippen LogP contribution in [0.3, 0.4) is 0 Å². The Balaban J connectivity index is 0.00000182. The molecular formula is C19H23Cl2F2N3O. The summed E-state index contributed by atoms with van der Waals surface area (Å²) >= 11 is 0. The van der Waals surface area contributed by atoms with Crippen molar-refractivity contribution in [2.24, 2.45) is 0 Å². The smallest absolute Gasteiger partial charge is 0.258 e. The van der Waals surface area contributed by atoms with E-state index in [1.54, 1.807) is 6.07 Å². The summed E-state index contributed by atoms with van der Waals surface area (Å²) in [4.78, 5) is 14.4. The maximum absolute atomic E-state index is 13.7. The molecule has 0 aromatic heterocycles. The van der Waals surface area contributed by atoms with Crippen LogP contribution in [-0.4, -0.2) is 32.1 Å². The third-order valence-electron chi connectivity index (χ3n) is 4.54. The number of nitrogens with one attached hydrogen (secondary N) is 2. The first kappa shape index (κ1) is 23.1. The molecule has 1 saturated heterocycles. The van der Waals surface area contributed by atoms with Gasteiger partial charge >= 0.3 is 0 Å². The van der Waals surface area contributed by atoms with Gasteiger partial charge in [0.05, 0.1) is 5.56 Å². The summed E-state index contributed by atoms with van der Waals surface area (Å²) in [5, 5.41) is 6.02. The summed E-state index contributed by atoms with van der Waals surface area (Å²) in [6, 6.07) is 10.8. The lowest BCUT2D eigenvalue weighted by molar-refractivity contribution is 0.102. The van der Waals surface area contributed by atoms with Gasteiger partial charge in [-0.25, -0.2) is 8.78 Å². The normalized spacial score (nSPS) is 13.9. The predicted octanol–water partition coefficient (Wildman–Crippen LogP) is 4.25. The Morgan fingerprint density at radius 3 is 2.48 bits per heavy atom. The second-order valence-electron chi connectivity index (χ2n) is 6.22. The number of rotatable bonds is 4. The van der Waals surface area contributed by atoms with Gasteiger partial charge in [0, 0.05) is 30.5 Å². The number of benzene rings is 2. The Kier molecular flexibility index (Phi) is 8.96. The number of carbonyl (C=O) groups excluding carboxylic acids is 1. The summed E-state index contributed by atoms with van der Waals surface area (Å²) in [5.41, 5.74) is 1.38. The largest absolute Gasteiger partial charge is 0.371 e. The van der Waals surface area contributed by atoms with E-state index < -0.39 is 17.5 Å². The maximum atomic E-state index is 13.7. The summed E-state index contributed by atoms with van der Waals surface area (Å²) in [6.07, 6.45) is 2.13. The topological polar surface area (TPSA) is 44.4 Å². The highest BCUT2D eigenvalue weighted by molar-refractivity contribution is 6.04. The molecule has 1 aliphatic rings. The van der Waals surface area contributed by atoms with Crippen molar-refractivity contribution in [2.45, 2.75) is 18.9 Å². The molecule has 0 saturated carbocycles. The number of hydrogen-bond acceptors (Lipinski definition) is 3. The van der Waals surface area contributed by atoms with Crippen LogP contribution in [0.5, 0.6) is 0 Å². The van der Waals surface area contributed by atoms with E-state index in [9.17, 15) is 13.6 Å². The average Bonchev–Trinajstić information content (AvgIpc) is 2.62.